The molecular formula is C25H26O4S. The van der Waals surface area contributed by atoms with Gasteiger partial charge in [0, 0.05) is 16.5 Å². The van der Waals surface area contributed by atoms with Crippen LogP contribution in [0, 0.1) is 6.92 Å². The van der Waals surface area contributed by atoms with E-state index in [2.05, 4.69) is 13.8 Å². The summed E-state index contributed by atoms with van der Waals surface area (Å²) in [6.07, 6.45) is 3.74. The molecule has 0 radical (unpaired) electrons. The number of hydrogen-bond donors (Lipinski definition) is 0. The molecule has 0 unspecified atom stereocenters. The van der Waals surface area contributed by atoms with Crippen LogP contribution in [0.5, 0.6) is 11.5 Å². The Hall–Kier alpha value is -2.66. The summed E-state index contributed by atoms with van der Waals surface area (Å²) in [5.74, 6) is 0.727. The first-order valence-corrected chi connectivity index (χ1v) is 11.5. The molecule has 0 atom stereocenters. The molecule has 0 spiro atoms. The van der Waals surface area contributed by atoms with Crippen molar-refractivity contribution in [3.05, 3.63) is 57.5 Å². The van der Waals surface area contributed by atoms with Crippen LogP contribution in [-0.2, 0) is 0 Å². The molecule has 2 aromatic carbocycles. The van der Waals surface area contributed by atoms with Crippen LogP contribution in [0.15, 0.2) is 29.6 Å². The Labute approximate surface area is 180 Å². The van der Waals surface area contributed by atoms with Gasteiger partial charge < -0.3 is 9.47 Å². The summed E-state index contributed by atoms with van der Waals surface area (Å²) in [5, 5.41) is 2.93. The minimum absolute atomic E-state index is 0.167. The molecule has 0 amide bonds. The van der Waals surface area contributed by atoms with Crippen LogP contribution in [0.3, 0.4) is 0 Å². The van der Waals surface area contributed by atoms with Crippen molar-refractivity contribution in [2.24, 2.45) is 0 Å². The lowest BCUT2D eigenvalue weighted by Crippen LogP contribution is -2.23. The maximum Gasteiger partial charge on any atom is 0.198 e. The second kappa shape index (κ2) is 8.60. The average Bonchev–Trinajstić information content (AvgIpc) is 3.14. The molecule has 1 aliphatic rings. The van der Waals surface area contributed by atoms with Crippen molar-refractivity contribution in [2.45, 2.75) is 46.5 Å². The van der Waals surface area contributed by atoms with Gasteiger partial charge in [0.05, 0.1) is 29.0 Å². The number of unbranched alkanes of at least 4 members (excludes halogenated alkanes) is 2. The van der Waals surface area contributed by atoms with E-state index in [0.717, 1.165) is 41.3 Å². The number of ether oxygens (including phenoxy) is 2. The van der Waals surface area contributed by atoms with Crippen LogP contribution >= 0.6 is 11.3 Å². The van der Waals surface area contributed by atoms with Gasteiger partial charge in [0.1, 0.15) is 11.5 Å². The number of ketones is 2. The third-order valence-electron chi connectivity index (χ3n) is 5.47. The molecule has 4 rings (SSSR count). The number of carbonyl (C=O) groups excluding carboxylic acids is 2. The van der Waals surface area contributed by atoms with Crippen molar-refractivity contribution < 1.29 is 19.1 Å². The number of fused-ring (bicyclic) bond motifs is 3. The Morgan fingerprint density at radius 1 is 0.833 bits per heavy atom. The minimum Gasteiger partial charge on any atom is -0.492 e. The maximum absolute atomic E-state index is 13.6. The van der Waals surface area contributed by atoms with Crippen molar-refractivity contribution in [1.82, 2.24) is 0 Å². The summed E-state index contributed by atoms with van der Waals surface area (Å²) in [4.78, 5) is 27.1. The van der Waals surface area contributed by atoms with E-state index in [0.29, 0.717) is 47.0 Å². The number of carbonyl (C=O) groups is 2. The molecule has 156 valence electrons. The van der Waals surface area contributed by atoms with Crippen LogP contribution in [0.25, 0.3) is 10.1 Å². The van der Waals surface area contributed by atoms with E-state index in [1.54, 1.807) is 35.6 Å². The summed E-state index contributed by atoms with van der Waals surface area (Å²) in [5.41, 5.74) is 2.61. The normalized spacial score (nSPS) is 12.8. The lowest BCUT2D eigenvalue weighted by atomic mass is 9.82. The van der Waals surface area contributed by atoms with Crippen molar-refractivity contribution in [1.29, 1.82) is 0 Å². The average molecular weight is 423 g/mol. The fraction of sp³-hybridized carbons (Fsp3) is 0.360. The number of benzene rings is 2. The highest BCUT2D eigenvalue weighted by molar-refractivity contribution is 7.18. The first-order valence-electron chi connectivity index (χ1n) is 10.6. The van der Waals surface area contributed by atoms with Gasteiger partial charge in [-0.05, 0) is 30.7 Å². The lowest BCUT2D eigenvalue weighted by molar-refractivity contribution is 0.0972. The van der Waals surface area contributed by atoms with Crippen LogP contribution in [-0.4, -0.2) is 24.8 Å². The van der Waals surface area contributed by atoms with E-state index in [1.165, 1.54) is 0 Å². The van der Waals surface area contributed by atoms with E-state index in [1.807, 2.05) is 12.3 Å². The van der Waals surface area contributed by atoms with Crippen molar-refractivity contribution >= 4 is 33.0 Å². The van der Waals surface area contributed by atoms with E-state index >= 15 is 0 Å². The van der Waals surface area contributed by atoms with Crippen LogP contribution < -0.4 is 9.47 Å². The van der Waals surface area contributed by atoms with Gasteiger partial charge in [-0.3, -0.25) is 9.59 Å². The zero-order valence-corrected chi connectivity index (χ0v) is 18.5. The number of aryl methyl sites for hydroxylation is 1. The summed E-state index contributed by atoms with van der Waals surface area (Å²) in [6.45, 7) is 7.22. The largest absolute Gasteiger partial charge is 0.492 e. The standard InChI is InChI=1S/C25H26O4S/c1-4-6-12-28-23-18-15(3)14-30-25(18)24(29-13-7-5-2)20-19(23)21(26)16-10-8-9-11-17(16)22(20)27/h8-11,14H,4-7,12-13H2,1-3H3. The summed E-state index contributed by atoms with van der Waals surface area (Å²) in [6, 6.07) is 7.02. The molecule has 1 heterocycles. The fourth-order valence-corrected chi connectivity index (χ4v) is 4.91. The van der Waals surface area contributed by atoms with Gasteiger partial charge in [-0.25, -0.2) is 0 Å². The molecule has 0 saturated heterocycles. The van der Waals surface area contributed by atoms with Gasteiger partial charge in [-0.15, -0.1) is 11.3 Å². The van der Waals surface area contributed by atoms with E-state index in [9.17, 15) is 9.59 Å². The van der Waals surface area contributed by atoms with Crippen LogP contribution in [0.2, 0.25) is 0 Å². The Kier molecular flexibility index (Phi) is 5.91. The monoisotopic (exact) mass is 422 g/mol. The number of hydrogen-bond acceptors (Lipinski definition) is 5. The zero-order chi connectivity index (χ0) is 21.3. The molecule has 5 heteroatoms. The predicted octanol–water partition coefficient (Wildman–Crippen LogP) is 6.34. The van der Waals surface area contributed by atoms with E-state index in [4.69, 9.17) is 9.47 Å². The molecule has 0 bridgehead atoms. The SMILES string of the molecule is CCCCOc1c2c(c(OCCCC)c3c(C)csc13)C(=O)c1ccccc1C2=O. The molecule has 0 aliphatic heterocycles. The quantitative estimate of drug-likeness (QED) is 0.311. The van der Waals surface area contributed by atoms with Gasteiger partial charge in [0.15, 0.2) is 11.6 Å². The second-order valence-corrected chi connectivity index (χ2v) is 8.52. The van der Waals surface area contributed by atoms with E-state index < -0.39 is 0 Å². The molecule has 1 aromatic heterocycles. The Morgan fingerprint density at radius 2 is 1.37 bits per heavy atom. The highest BCUT2D eigenvalue weighted by Gasteiger charge is 2.38. The highest BCUT2D eigenvalue weighted by atomic mass is 32.1. The summed E-state index contributed by atoms with van der Waals surface area (Å²) in [7, 11) is 0. The zero-order valence-electron chi connectivity index (χ0n) is 17.7. The molecule has 0 N–H and O–H groups in total. The number of rotatable bonds is 8. The highest BCUT2D eigenvalue weighted by Crippen LogP contribution is 2.48. The number of thiophene rings is 1. The van der Waals surface area contributed by atoms with Gasteiger partial charge in [0.25, 0.3) is 0 Å². The third kappa shape index (κ3) is 3.31. The Morgan fingerprint density at radius 3 is 1.93 bits per heavy atom. The fourth-order valence-electron chi connectivity index (χ4n) is 3.86. The summed E-state index contributed by atoms with van der Waals surface area (Å²) < 4.78 is 13.2. The predicted molar refractivity (Wildman–Crippen MR) is 121 cm³/mol. The Bertz CT molecular complexity index is 1130. The Balaban J connectivity index is 2.01. The smallest absolute Gasteiger partial charge is 0.198 e. The van der Waals surface area contributed by atoms with Gasteiger partial charge in [-0.2, -0.15) is 0 Å². The van der Waals surface area contributed by atoms with Crippen molar-refractivity contribution in [3.63, 3.8) is 0 Å². The van der Waals surface area contributed by atoms with Gasteiger partial charge >= 0.3 is 0 Å². The first-order chi connectivity index (χ1) is 14.6. The second-order valence-electron chi connectivity index (χ2n) is 7.64. The van der Waals surface area contributed by atoms with Gasteiger partial charge in [0.2, 0.25) is 0 Å². The van der Waals surface area contributed by atoms with Crippen molar-refractivity contribution in [3.8, 4) is 11.5 Å². The lowest BCUT2D eigenvalue weighted by Gasteiger charge is -2.24. The minimum atomic E-state index is -0.167. The van der Waals surface area contributed by atoms with Gasteiger partial charge in [-0.1, -0.05) is 51.0 Å². The molecule has 4 nitrogen and oxygen atoms in total. The molecule has 3 aromatic rings. The molecule has 0 saturated carbocycles. The molecule has 30 heavy (non-hydrogen) atoms. The topological polar surface area (TPSA) is 52.6 Å². The van der Waals surface area contributed by atoms with Crippen molar-refractivity contribution in [2.75, 3.05) is 13.2 Å². The molecule has 1 aliphatic carbocycles. The molecule has 0 fully saturated rings. The van der Waals surface area contributed by atoms with E-state index in [-0.39, 0.29) is 11.6 Å². The molecular weight excluding hydrogens is 396 g/mol. The third-order valence-corrected chi connectivity index (χ3v) is 6.57. The van der Waals surface area contributed by atoms with Crippen LogP contribution in [0.4, 0.5) is 0 Å². The first kappa shape index (κ1) is 20.6. The van der Waals surface area contributed by atoms with Crippen LogP contribution in [0.1, 0.15) is 76.9 Å². The summed E-state index contributed by atoms with van der Waals surface area (Å²) >= 11 is 1.54. The maximum atomic E-state index is 13.6.